The first kappa shape index (κ1) is 11.1. The zero-order valence-corrected chi connectivity index (χ0v) is 8.73. The molecule has 0 aliphatic rings. The summed E-state index contributed by atoms with van der Waals surface area (Å²) in [5.41, 5.74) is 7.79. The minimum Gasteiger partial charge on any atom is -0.354 e. The van der Waals surface area contributed by atoms with Gasteiger partial charge in [0.2, 0.25) is 0 Å². The van der Waals surface area contributed by atoms with Crippen molar-refractivity contribution < 1.29 is 9.47 Å². The molecule has 0 fully saturated rings. The van der Waals surface area contributed by atoms with Crippen LogP contribution >= 0.6 is 0 Å². The van der Waals surface area contributed by atoms with Crippen molar-refractivity contribution in [2.75, 3.05) is 14.2 Å². The monoisotopic (exact) mass is 196 g/mol. The van der Waals surface area contributed by atoms with E-state index in [1.807, 2.05) is 19.1 Å². The van der Waals surface area contributed by atoms with E-state index in [4.69, 9.17) is 15.2 Å². The van der Waals surface area contributed by atoms with Gasteiger partial charge >= 0.3 is 0 Å². The molecular weight excluding hydrogens is 180 g/mol. The zero-order chi connectivity index (χ0) is 10.6. The molecule has 1 aromatic heterocycles. The predicted octanol–water partition coefficient (Wildman–Crippen LogP) is 1.01. The Hall–Kier alpha value is -0.970. The number of nitrogens with zero attached hydrogens (tertiary/aromatic N) is 1. The third kappa shape index (κ3) is 2.51. The van der Waals surface area contributed by atoms with Crippen molar-refractivity contribution in [3.05, 3.63) is 29.6 Å². The lowest BCUT2D eigenvalue weighted by molar-refractivity contribution is -0.117. The highest BCUT2D eigenvalue weighted by atomic mass is 16.7. The van der Waals surface area contributed by atoms with E-state index in [1.54, 1.807) is 20.4 Å². The molecule has 0 amide bonds. The zero-order valence-electron chi connectivity index (χ0n) is 8.73. The number of hydrogen-bond donors (Lipinski definition) is 1. The van der Waals surface area contributed by atoms with Crippen molar-refractivity contribution in [1.82, 2.24) is 4.98 Å². The number of ether oxygens (including phenoxy) is 2. The molecule has 2 N–H and O–H groups in total. The number of hydrogen-bond acceptors (Lipinski definition) is 4. The average molecular weight is 196 g/mol. The molecule has 0 saturated heterocycles. The summed E-state index contributed by atoms with van der Waals surface area (Å²) < 4.78 is 10.1. The van der Waals surface area contributed by atoms with Gasteiger partial charge in [-0.1, -0.05) is 6.07 Å². The number of pyridine rings is 1. The molecular formula is C10H16N2O2. The van der Waals surface area contributed by atoms with Crippen molar-refractivity contribution in [3.8, 4) is 0 Å². The Morgan fingerprint density at radius 2 is 1.93 bits per heavy atom. The lowest BCUT2D eigenvalue weighted by Crippen LogP contribution is -2.29. The molecule has 78 valence electrons. The van der Waals surface area contributed by atoms with Crippen LogP contribution in [0, 0.1) is 6.92 Å². The predicted molar refractivity (Wildman–Crippen MR) is 53.7 cm³/mol. The fourth-order valence-corrected chi connectivity index (χ4v) is 1.22. The fraction of sp³-hybridized carbons (Fsp3) is 0.500. The number of aromatic nitrogens is 1. The minimum absolute atomic E-state index is 0.307. The van der Waals surface area contributed by atoms with Gasteiger partial charge in [0.1, 0.15) is 0 Å². The normalized spacial score (nSPS) is 13.2. The van der Waals surface area contributed by atoms with Gasteiger partial charge in [-0.3, -0.25) is 4.98 Å². The van der Waals surface area contributed by atoms with Crippen LogP contribution < -0.4 is 5.73 Å². The van der Waals surface area contributed by atoms with E-state index < -0.39 is 6.29 Å². The second-order valence-corrected chi connectivity index (χ2v) is 3.10. The Labute approximate surface area is 84.0 Å². The van der Waals surface area contributed by atoms with Gasteiger partial charge < -0.3 is 15.2 Å². The molecule has 1 atom stereocenters. The summed E-state index contributed by atoms with van der Waals surface area (Å²) in [7, 11) is 3.13. The molecule has 4 nitrogen and oxygen atoms in total. The molecule has 1 unspecified atom stereocenters. The first-order chi connectivity index (χ1) is 6.69. The van der Waals surface area contributed by atoms with E-state index in [1.165, 1.54) is 0 Å². The highest BCUT2D eigenvalue weighted by molar-refractivity contribution is 5.17. The van der Waals surface area contributed by atoms with Crippen LogP contribution in [-0.2, 0) is 9.47 Å². The lowest BCUT2D eigenvalue weighted by atomic mass is 10.1. The summed E-state index contributed by atoms with van der Waals surface area (Å²) in [6, 6.07) is 3.54. The summed E-state index contributed by atoms with van der Waals surface area (Å²) in [6.45, 7) is 1.93. The molecule has 0 aromatic carbocycles. The van der Waals surface area contributed by atoms with Crippen LogP contribution in [0.15, 0.2) is 18.3 Å². The fourth-order valence-electron chi connectivity index (χ4n) is 1.22. The van der Waals surface area contributed by atoms with E-state index in [0.717, 1.165) is 11.3 Å². The quantitative estimate of drug-likeness (QED) is 0.730. The van der Waals surface area contributed by atoms with Gasteiger partial charge in [-0.15, -0.1) is 0 Å². The van der Waals surface area contributed by atoms with Gasteiger partial charge in [0.25, 0.3) is 0 Å². The summed E-state index contributed by atoms with van der Waals surface area (Å²) in [6.07, 6.45) is 1.31. The molecule has 14 heavy (non-hydrogen) atoms. The van der Waals surface area contributed by atoms with Crippen molar-refractivity contribution in [3.63, 3.8) is 0 Å². The van der Waals surface area contributed by atoms with E-state index in [-0.39, 0.29) is 6.04 Å². The molecule has 1 heterocycles. The third-order valence-corrected chi connectivity index (χ3v) is 2.08. The molecule has 0 radical (unpaired) electrons. The summed E-state index contributed by atoms with van der Waals surface area (Å²) in [5.74, 6) is 0. The van der Waals surface area contributed by atoms with Gasteiger partial charge in [0.05, 0.1) is 6.04 Å². The van der Waals surface area contributed by atoms with Gasteiger partial charge in [-0.25, -0.2) is 0 Å². The molecule has 0 spiro atoms. The first-order valence-corrected chi connectivity index (χ1v) is 4.42. The maximum atomic E-state index is 5.92. The SMILES string of the molecule is COC(OC)C(N)c1ccc(C)nc1. The Bertz CT molecular complexity index is 270. The molecule has 4 heteroatoms. The van der Waals surface area contributed by atoms with Gasteiger partial charge in [0.15, 0.2) is 6.29 Å². The van der Waals surface area contributed by atoms with Crippen molar-refractivity contribution in [2.45, 2.75) is 19.3 Å². The third-order valence-electron chi connectivity index (χ3n) is 2.08. The Balaban J connectivity index is 2.77. The molecule has 0 aliphatic heterocycles. The van der Waals surface area contributed by atoms with Crippen LogP contribution in [0.4, 0.5) is 0 Å². The van der Waals surface area contributed by atoms with Crippen molar-refractivity contribution in [2.24, 2.45) is 5.73 Å². The van der Waals surface area contributed by atoms with Crippen LogP contribution in [0.25, 0.3) is 0 Å². The van der Waals surface area contributed by atoms with E-state index >= 15 is 0 Å². The maximum absolute atomic E-state index is 5.92. The minimum atomic E-state index is -0.431. The largest absolute Gasteiger partial charge is 0.354 e. The van der Waals surface area contributed by atoms with Crippen LogP contribution in [-0.4, -0.2) is 25.5 Å². The Morgan fingerprint density at radius 3 is 2.36 bits per heavy atom. The number of rotatable bonds is 4. The second kappa shape index (κ2) is 5.05. The van der Waals surface area contributed by atoms with E-state index in [9.17, 15) is 0 Å². The van der Waals surface area contributed by atoms with Crippen LogP contribution in [0.1, 0.15) is 17.3 Å². The topological polar surface area (TPSA) is 57.4 Å². The van der Waals surface area contributed by atoms with Gasteiger partial charge in [-0.2, -0.15) is 0 Å². The molecule has 0 bridgehead atoms. The van der Waals surface area contributed by atoms with Gasteiger partial charge in [-0.05, 0) is 18.6 Å². The smallest absolute Gasteiger partial charge is 0.176 e. The molecule has 0 aliphatic carbocycles. The number of methoxy groups -OCH3 is 2. The summed E-state index contributed by atoms with van der Waals surface area (Å²) in [5, 5.41) is 0. The highest BCUT2D eigenvalue weighted by Crippen LogP contribution is 2.15. The molecule has 1 aromatic rings. The van der Waals surface area contributed by atoms with Crippen LogP contribution in [0.5, 0.6) is 0 Å². The highest BCUT2D eigenvalue weighted by Gasteiger charge is 2.18. The first-order valence-electron chi connectivity index (χ1n) is 4.42. The number of aryl methyl sites for hydroxylation is 1. The Kier molecular flexibility index (Phi) is 4.00. The van der Waals surface area contributed by atoms with Crippen molar-refractivity contribution in [1.29, 1.82) is 0 Å². The summed E-state index contributed by atoms with van der Waals surface area (Å²) in [4.78, 5) is 4.16. The maximum Gasteiger partial charge on any atom is 0.176 e. The lowest BCUT2D eigenvalue weighted by Gasteiger charge is -2.20. The van der Waals surface area contributed by atoms with E-state index in [2.05, 4.69) is 4.98 Å². The van der Waals surface area contributed by atoms with Crippen LogP contribution in [0.2, 0.25) is 0 Å². The van der Waals surface area contributed by atoms with Crippen LogP contribution in [0.3, 0.4) is 0 Å². The molecule has 0 saturated carbocycles. The molecule has 1 rings (SSSR count). The number of nitrogens with two attached hydrogens (primary N) is 1. The summed E-state index contributed by atoms with van der Waals surface area (Å²) >= 11 is 0. The average Bonchev–Trinajstić information content (AvgIpc) is 2.20. The standard InChI is InChI=1S/C10H16N2O2/c1-7-4-5-8(6-12-7)9(11)10(13-2)14-3/h4-6,9-10H,11H2,1-3H3. The Morgan fingerprint density at radius 1 is 1.29 bits per heavy atom. The van der Waals surface area contributed by atoms with E-state index in [0.29, 0.717) is 0 Å². The van der Waals surface area contributed by atoms with Gasteiger partial charge in [0, 0.05) is 26.1 Å². The van der Waals surface area contributed by atoms with Crippen molar-refractivity contribution >= 4 is 0 Å². The second-order valence-electron chi connectivity index (χ2n) is 3.10.